The Kier molecular flexibility index (Phi) is 6.21. The van der Waals surface area contributed by atoms with Crippen molar-refractivity contribution in [3.05, 3.63) is 21.9 Å². The molecule has 1 fully saturated rings. The average Bonchev–Trinajstić information content (AvgIpc) is 2.93. The summed E-state index contributed by atoms with van der Waals surface area (Å²) >= 11 is 1.59. The highest BCUT2D eigenvalue weighted by molar-refractivity contribution is 7.12. The number of likely N-dealkylation sites (N-methyl/N-ethyl adjacent to an activating group) is 1. The van der Waals surface area contributed by atoms with Crippen molar-refractivity contribution in [2.24, 2.45) is 0 Å². The largest absolute Gasteiger partial charge is 0.384 e. The van der Waals surface area contributed by atoms with Crippen LogP contribution in [0.2, 0.25) is 0 Å². The Morgan fingerprint density at radius 1 is 1.62 bits per heavy atom. The Balaban J connectivity index is 2.01. The highest BCUT2D eigenvalue weighted by Gasteiger charge is 2.29. The molecule has 1 amide bonds. The Morgan fingerprint density at radius 3 is 3.24 bits per heavy atom. The van der Waals surface area contributed by atoms with Crippen LogP contribution < -0.4 is 5.32 Å². The van der Waals surface area contributed by atoms with Gasteiger partial charge in [-0.05, 0) is 19.1 Å². The quantitative estimate of drug-likeness (QED) is 0.792. The first-order valence-corrected chi connectivity index (χ1v) is 7.84. The lowest BCUT2D eigenvalue weighted by Crippen LogP contribution is -2.53. The molecule has 0 bridgehead atoms. The number of amides is 1. The molecule has 2 rings (SSSR count). The molecule has 1 saturated heterocycles. The third kappa shape index (κ3) is 4.55. The minimum atomic E-state index is -0.229. The zero-order valence-electron chi connectivity index (χ0n) is 12.1. The summed E-state index contributed by atoms with van der Waals surface area (Å²) in [4.78, 5) is 16.3. The van der Waals surface area contributed by atoms with E-state index in [0.717, 1.165) is 22.8 Å². The molecular formula is C15H20N2O3S. The smallest absolute Gasteiger partial charge is 0.239 e. The molecular weight excluding hydrogens is 288 g/mol. The summed E-state index contributed by atoms with van der Waals surface area (Å²) in [5.74, 6) is 5.57. The van der Waals surface area contributed by atoms with Gasteiger partial charge < -0.3 is 15.2 Å². The van der Waals surface area contributed by atoms with Crippen LogP contribution in [0.5, 0.6) is 0 Å². The predicted octanol–water partition coefficient (Wildman–Crippen LogP) is 0.429. The van der Waals surface area contributed by atoms with Crippen molar-refractivity contribution in [3.8, 4) is 11.8 Å². The Labute approximate surface area is 128 Å². The van der Waals surface area contributed by atoms with Crippen molar-refractivity contribution < 1.29 is 14.6 Å². The third-order valence-corrected chi connectivity index (χ3v) is 4.19. The van der Waals surface area contributed by atoms with Crippen LogP contribution in [-0.2, 0) is 16.1 Å². The number of rotatable bonds is 4. The summed E-state index contributed by atoms with van der Waals surface area (Å²) in [6.07, 6.45) is 0. The molecule has 1 aliphatic rings. The van der Waals surface area contributed by atoms with Crippen LogP contribution in [0.1, 0.15) is 16.7 Å². The Hall–Kier alpha value is -1.39. The van der Waals surface area contributed by atoms with E-state index in [9.17, 15) is 4.79 Å². The first-order chi connectivity index (χ1) is 10.2. The number of hydrogen-bond donors (Lipinski definition) is 2. The first kappa shape index (κ1) is 16.0. The molecule has 1 aromatic heterocycles. The number of hydrogen-bond acceptors (Lipinski definition) is 5. The van der Waals surface area contributed by atoms with E-state index in [1.54, 1.807) is 11.3 Å². The van der Waals surface area contributed by atoms with Crippen molar-refractivity contribution >= 4 is 17.2 Å². The number of nitrogens with zero attached hydrogens (tertiary/aromatic N) is 1. The van der Waals surface area contributed by atoms with Crippen molar-refractivity contribution in [1.82, 2.24) is 10.2 Å². The van der Waals surface area contributed by atoms with Crippen LogP contribution in [0, 0.1) is 11.8 Å². The molecule has 1 aromatic rings. The second-order valence-corrected chi connectivity index (χ2v) is 5.85. The van der Waals surface area contributed by atoms with Gasteiger partial charge in [-0.25, -0.2) is 0 Å². The number of ether oxygens (including phenoxy) is 1. The lowest BCUT2D eigenvalue weighted by molar-refractivity contribution is -0.132. The van der Waals surface area contributed by atoms with Gasteiger partial charge in [0.2, 0.25) is 5.91 Å². The van der Waals surface area contributed by atoms with Crippen molar-refractivity contribution in [3.63, 3.8) is 0 Å². The topological polar surface area (TPSA) is 61.8 Å². The monoisotopic (exact) mass is 308 g/mol. The molecule has 0 saturated carbocycles. The Morgan fingerprint density at radius 2 is 2.48 bits per heavy atom. The highest BCUT2D eigenvalue weighted by atomic mass is 32.1. The van der Waals surface area contributed by atoms with Crippen LogP contribution >= 0.6 is 11.3 Å². The van der Waals surface area contributed by atoms with E-state index in [1.165, 1.54) is 0 Å². The molecule has 2 heterocycles. The summed E-state index contributed by atoms with van der Waals surface area (Å²) in [5.41, 5.74) is 0. The molecule has 6 heteroatoms. The van der Waals surface area contributed by atoms with Gasteiger partial charge in [0.05, 0.1) is 18.1 Å². The van der Waals surface area contributed by atoms with Crippen molar-refractivity contribution in [1.29, 1.82) is 0 Å². The number of thiophene rings is 1. The van der Waals surface area contributed by atoms with Crippen LogP contribution in [0.15, 0.2) is 12.1 Å². The average molecular weight is 308 g/mol. The predicted molar refractivity (Wildman–Crippen MR) is 82.0 cm³/mol. The molecule has 0 radical (unpaired) electrons. The number of carbonyl (C=O) groups excluding carboxylic acids is 1. The lowest BCUT2D eigenvalue weighted by atomic mass is 10.2. The van der Waals surface area contributed by atoms with E-state index < -0.39 is 0 Å². The van der Waals surface area contributed by atoms with Gasteiger partial charge in [-0.3, -0.25) is 9.69 Å². The van der Waals surface area contributed by atoms with E-state index in [-0.39, 0.29) is 18.6 Å². The van der Waals surface area contributed by atoms with E-state index in [0.29, 0.717) is 19.8 Å². The van der Waals surface area contributed by atoms with Crippen LogP contribution in [0.25, 0.3) is 0 Å². The lowest BCUT2D eigenvalue weighted by Gasteiger charge is -2.34. The fourth-order valence-electron chi connectivity index (χ4n) is 2.22. The molecule has 0 aliphatic carbocycles. The maximum Gasteiger partial charge on any atom is 0.239 e. The number of aliphatic hydroxyl groups excluding tert-OH is 1. The fourth-order valence-corrected chi connectivity index (χ4v) is 3.13. The first-order valence-electron chi connectivity index (χ1n) is 7.02. The van der Waals surface area contributed by atoms with E-state index >= 15 is 0 Å². The number of morpholine rings is 1. The van der Waals surface area contributed by atoms with Crippen LogP contribution in [-0.4, -0.2) is 54.9 Å². The van der Waals surface area contributed by atoms with Gasteiger partial charge in [0.15, 0.2) is 0 Å². The summed E-state index contributed by atoms with van der Waals surface area (Å²) in [6.45, 7) is 4.97. The van der Waals surface area contributed by atoms with Crippen LogP contribution in [0.4, 0.5) is 0 Å². The van der Waals surface area contributed by atoms with Crippen molar-refractivity contribution in [2.75, 3.05) is 32.9 Å². The zero-order chi connectivity index (χ0) is 15.1. The standard InChI is InChI=1S/C15H20N2O3S/c1-2-16-15(19)14-11-20-9-7-17(14)10-13-6-5-12(21-13)4-3-8-18/h5-6,14,18H,2,7-11H2,1H3,(H,16,19). The molecule has 0 spiro atoms. The Bertz CT molecular complexity index is 533. The highest BCUT2D eigenvalue weighted by Crippen LogP contribution is 2.20. The fraction of sp³-hybridized carbons (Fsp3) is 0.533. The van der Waals surface area contributed by atoms with E-state index in [1.807, 2.05) is 19.1 Å². The maximum atomic E-state index is 12.1. The molecule has 1 unspecified atom stereocenters. The summed E-state index contributed by atoms with van der Waals surface area (Å²) in [5, 5.41) is 11.6. The van der Waals surface area contributed by atoms with E-state index in [4.69, 9.17) is 9.84 Å². The minimum absolute atomic E-state index is 0.0223. The third-order valence-electron chi connectivity index (χ3n) is 3.20. The summed E-state index contributed by atoms with van der Waals surface area (Å²) < 4.78 is 5.43. The molecule has 5 nitrogen and oxygen atoms in total. The van der Waals surface area contributed by atoms with Gasteiger partial charge in [0.1, 0.15) is 12.6 Å². The number of carbonyl (C=O) groups is 1. The second kappa shape index (κ2) is 8.15. The normalized spacial score (nSPS) is 18.9. The van der Waals surface area contributed by atoms with Gasteiger partial charge >= 0.3 is 0 Å². The summed E-state index contributed by atoms with van der Waals surface area (Å²) in [7, 11) is 0. The molecule has 1 aliphatic heterocycles. The minimum Gasteiger partial charge on any atom is -0.384 e. The number of nitrogens with one attached hydrogen (secondary N) is 1. The molecule has 0 aromatic carbocycles. The summed E-state index contributed by atoms with van der Waals surface area (Å²) in [6, 6.07) is 3.74. The van der Waals surface area contributed by atoms with Gasteiger partial charge in [-0.1, -0.05) is 11.8 Å². The SMILES string of the molecule is CCNC(=O)C1COCCN1Cc1ccc(C#CCO)s1. The molecule has 114 valence electrons. The zero-order valence-corrected chi connectivity index (χ0v) is 12.9. The van der Waals surface area contributed by atoms with Crippen LogP contribution in [0.3, 0.4) is 0 Å². The van der Waals surface area contributed by atoms with E-state index in [2.05, 4.69) is 22.1 Å². The maximum absolute atomic E-state index is 12.1. The second-order valence-electron chi connectivity index (χ2n) is 4.68. The van der Waals surface area contributed by atoms with Gasteiger partial charge in [0.25, 0.3) is 0 Å². The number of aliphatic hydroxyl groups is 1. The van der Waals surface area contributed by atoms with Gasteiger partial charge in [0, 0.05) is 24.5 Å². The molecule has 21 heavy (non-hydrogen) atoms. The van der Waals surface area contributed by atoms with Gasteiger partial charge in [-0.15, -0.1) is 11.3 Å². The van der Waals surface area contributed by atoms with Gasteiger partial charge in [-0.2, -0.15) is 0 Å². The molecule has 2 N–H and O–H groups in total. The van der Waals surface area contributed by atoms with Crippen molar-refractivity contribution in [2.45, 2.75) is 19.5 Å². The molecule has 1 atom stereocenters.